The molecule has 0 saturated carbocycles. The molecule has 0 fully saturated rings. The minimum absolute atomic E-state index is 0.149. The number of phenolic OH excluding ortho intramolecular Hbond substituents is 1. The third kappa shape index (κ3) is 3.24. The zero-order valence-corrected chi connectivity index (χ0v) is 14.3. The quantitative estimate of drug-likeness (QED) is 0.776. The van der Waals surface area contributed by atoms with Crippen LogP contribution < -0.4 is 0 Å². The van der Waals surface area contributed by atoms with Crippen LogP contribution in [0.4, 0.5) is 0 Å². The van der Waals surface area contributed by atoms with E-state index in [4.69, 9.17) is 11.6 Å². The molecular formula is C17H23ClN2O. The molecule has 21 heavy (non-hydrogen) atoms. The number of benzene rings is 1. The van der Waals surface area contributed by atoms with E-state index >= 15 is 0 Å². The molecule has 0 spiro atoms. The first kappa shape index (κ1) is 15.9. The highest BCUT2D eigenvalue weighted by Crippen LogP contribution is 2.41. The molecule has 4 heteroatoms. The van der Waals surface area contributed by atoms with Gasteiger partial charge in [-0.15, -0.1) is 0 Å². The van der Waals surface area contributed by atoms with E-state index in [1.54, 1.807) is 6.20 Å². The molecule has 0 unspecified atom stereocenters. The maximum atomic E-state index is 10.7. The number of H-pyrrole nitrogens is 1. The van der Waals surface area contributed by atoms with E-state index in [1.807, 2.05) is 12.1 Å². The van der Waals surface area contributed by atoms with Crippen LogP contribution in [0.15, 0.2) is 18.3 Å². The SMILES string of the molecule is CC(C)(C)c1cc(-c2cnc(Cl)[nH]2)cc(C(C)(C)C)c1O. The summed E-state index contributed by atoms with van der Waals surface area (Å²) in [5, 5.41) is 11.1. The van der Waals surface area contributed by atoms with Crippen LogP contribution >= 0.6 is 11.6 Å². The lowest BCUT2D eigenvalue weighted by Crippen LogP contribution is -2.17. The van der Waals surface area contributed by atoms with Crippen molar-refractivity contribution in [2.75, 3.05) is 0 Å². The number of phenols is 1. The zero-order valence-electron chi connectivity index (χ0n) is 13.5. The van der Waals surface area contributed by atoms with E-state index in [9.17, 15) is 5.11 Å². The molecule has 0 aliphatic heterocycles. The number of halogens is 1. The number of hydrogen-bond acceptors (Lipinski definition) is 2. The Balaban J connectivity index is 2.74. The van der Waals surface area contributed by atoms with Crippen molar-refractivity contribution in [3.8, 4) is 17.0 Å². The largest absolute Gasteiger partial charge is 0.507 e. The van der Waals surface area contributed by atoms with Crippen molar-refractivity contribution >= 4 is 11.6 Å². The molecule has 3 nitrogen and oxygen atoms in total. The maximum Gasteiger partial charge on any atom is 0.200 e. The highest BCUT2D eigenvalue weighted by atomic mass is 35.5. The van der Waals surface area contributed by atoms with E-state index < -0.39 is 0 Å². The topological polar surface area (TPSA) is 48.9 Å². The van der Waals surface area contributed by atoms with E-state index in [0.717, 1.165) is 22.4 Å². The Labute approximate surface area is 131 Å². The second kappa shape index (κ2) is 5.06. The van der Waals surface area contributed by atoms with Gasteiger partial charge in [0.2, 0.25) is 0 Å². The number of nitrogens with one attached hydrogen (secondary N) is 1. The van der Waals surface area contributed by atoms with Crippen molar-refractivity contribution in [2.24, 2.45) is 0 Å². The minimum Gasteiger partial charge on any atom is -0.507 e. The molecule has 2 N–H and O–H groups in total. The molecular weight excluding hydrogens is 284 g/mol. The predicted octanol–water partition coefficient (Wildman–Crippen LogP) is 5.03. The lowest BCUT2D eigenvalue weighted by molar-refractivity contribution is 0.423. The summed E-state index contributed by atoms with van der Waals surface area (Å²) in [7, 11) is 0. The van der Waals surface area contributed by atoms with Crippen LogP contribution in [0, 0.1) is 0 Å². The average Bonchev–Trinajstić information content (AvgIpc) is 2.73. The summed E-state index contributed by atoms with van der Waals surface area (Å²) in [5.41, 5.74) is 3.40. The van der Waals surface area contributed by atoms with E-state index in [1.165, 1.54) is 0 Å². The van der Waals surface area contributed by atoms with Gasteiger partial charge in [-0.2, -0.15) is 0 Å². The van der Waals surface area contributed by atoms with Crippen LogP contribution in [0.1, 0.15) is 52.7 Å². The number of aromatic amines is 1. The second-order valence-corrected chi connectivity index (χ2v) is 7.87. The smallest absolute Gasteiger partial charge is 0.200 e. The number of aromatic hydroxyl groups is 1. The molecule has 0 atom stereocenters. The predicted molar refractivity (Wildman–Crippen MR) is 88.1 cm³/mol. The molecule has 0 saturated heterocycles. The summed E-state index contributed by atoms with van der Waals surface area (Å²) < 4.78 is 0. The lowest BCUT2D eigenvalue weighted by Gasteiger charge is -2.28. The van der Waals surface area contributed by atoms with Gasteiger partial charge in [0.15, 0.2) is 5.28 Å². The number of rotatable bonds is 1. The molecule has 1 aromatic carbocycles. The maximum absolute atomic E-state index is 10.7. The first-order valence-corrected chi connectivity index (χ1v) is 7.47. The normalized spacial score (nSPS) is 12.7. The fraction of sp³-hybridized carbons (Fsp3) is 0.471. The summed E-state index contributed by atoms with van der Waals surface area (Å²) in [6.07, 6.45) is 1.72. The Bertz CT molecular complexity index is 625. The monoisotopic (exact) mass is 306 g/mol. The summed E-state index contributed by atoms with van der Waals surface area (Å²) in [5.74, 6) is 0.379. The van der Waals surface area contributed by atoms with Gasteiger partial charge in [-0.3, -0.25) is 0 Å². The van der Waals surface area contributed by atoms with Gasteiger partial charge in [-0.25, -0.2) is 4.98 Å². The van der Waals surface area contributed by atoms with Gasteiger partial charge in [-0.05, 0) is 34.6 Å². The first-order chi connectivity index (χ1) is 9.50. The number of imidazole rings is 1. The Morgan fingerprint density at radius 1 is 1.00 bits per heavy atom. The highest BCUT2D eigenvalue weighted by molar-refractivity contribution is 6.28. The molecule has 1 aromatic heterocycles. The fourth-order valence-electron chi connectivity index (χ4n) is 2.38. The van der Waals surface area contributed by atoms with Crippen LogP contribution in [0.5, 0.6) is 5.75 Å². The van der Waals surface area contributed by atoms with Crippen LogP contribution in [-0.2, 0) is 10.8 Å². The zero-order chi connectivity index (χ0) is 16.0. The summed E-state index contributed by atoms with van der Waals surface area (Å²) in [6, 6.07) is 4.02. The molecule has 0 bridgehead atoms. The Morgan fingerprint density at radius 3 is 1.81 bits per heavy atom. The molecule has 0 radical (unpaired) electrons. The van der Waals surface area contributed by atoms with Gasteiger partial charge in [0.25, 0.3) is 0 Å². The van der Waals surface area contributed by atoms with Gasteiger partial charge in [0, 0.05) is 16.7 Å². The summed E-state index contributed by atoms with van der Waals surface area (Å²) in [4.78, 5) is 7.09. The van der Waals surface area contributed by atoms with E-state index in [0.29, 0.717) is 11.0 Å². The Morgan fingerprint density at radius 2 is 1.48 bits per heavy atom. The third-order valence-corrected chi connectivity index (χ3v) is 3.77. The van der Waals surface area contributed by atoms with Crippen LogP contribution in [0.2, 0.25) is 5.28 Å². The summed E-state index contributed by atoms with van der Waals surface area (Å²) in [6.45, 7) is 12.6. The van der Waals surface area contributed by atoms with Crippen molar-refractivity contribution in [3.63, 3.8) is 0 Å². The molecule has 2 rings (SSSR count). The van der Waals surface area contributed by atoms with Crippen molar-refractivity contribution in [3.05, 3.63) is 34.7 Å². The van der Waals surface area contributed by atoms with Gasteiger partial charge in [-0.1, -0.05) is 41.5 Å². The van der Waals surface area contributed by atoms with Gasteiger partial charge in [0.05, 0.1) is 11.9 Å². The fourth-order valence-corrected chi connectivity index (χ4v) is 2.53. The number of nitrogens with zero attached hydrogens (tertiary/aromatic N) is 1. The molecule has 114 valence electrons. The van der Waals surface area contributed by atoms with Crippen molar-refractivity contribution in [1.29, 1.82) is 0 Å². The van der Waals surface area contributed by atoms with Crippen molar-refractivity contribution < 1.29 is 5.11 Å². The Hall–Kier alpha value is -1.48. The first-order valence-electron chi connectivity index (χ1n) is 7.09. The molecule has 2 aromatic rings. The number of hydrogen-bond donors (Lipinski definition) is 2. The second-order valence-electron chi connectivity index (χ2n) is 7.51. The highest BCUT2D eigenvalue weighted by Gasteiger charge is 2.27. The minimum atomic E-state index is -0.149. The van der Waals surface area contributed by atoms with E-state index in [-0.39, 0.29) is 10.8 Å². The van der Waals surface area contributed by atoms with E-state index in [2.05, 4.69) is 51.5 Å². The summed E-state index contributed by atoms with van der Waals surface area (Å²) >= 11 is 5.88. The van der Waals surface area contributed by atoms with Gasteiger partial charge >= 0.3 is 0 Å². The van der Waals surface area contributed by atoms with Crippen LogP contribution in [-0.4, -0.2) is 15.1 Å². The number of aromatic nitrogens is 2. The van der Waals surface area contributed by atoms with Crippen LogP contribution in [0.25, 0.3) is 11.3 Å². The standard InChI is InChI=1S/C17H23ClN2O/c1-16(2,3)11-7-10(13-9-19-15(18)20-13)8-12(14(11)21)17(4,5)6/h7-9,21H,1-6H3,(H,19,20). The van der Waals surface area contributed by atoms with Crippen molar-refractivity contribution in [1.82, 2.24) is 9.97 Å². The molecule has 0 aliphatic carbocycles. The van der Waals surface area contributed by atoms with Gasteiger partial charge in [0.1, 0.15) is 5.75 Å². The lowest BCUT2D eigenvalue weighted by atomic mass is 9.78. The third-order valence-electron chi connectivity index (χ3n) is 3.58. The van der Waals surface area contributed by atoms with Gasteiger partial charge < -0.3 is 10.1 Å². The molecule has 1 heterocycles. The Kier molecular flexibility index (Phi) is 3.83. The molecule has 0 amide bonds. The van der Waals surface area contributed by atoms with Crippen molar-refractivity contribution in [2.45, 2.75) is 52.4 Å². The van der Waals surface area contributed by atoms with Crippen LogP contribution in [0.3, 0.4) is 0 Å². The molecule has 0 aliphatic rings. The average molecular weight is 307 g/mol.